The zero-order valence-electron chi connectivity index (χ0n) is 15.5. The molecule has 6 nitrogen and oxygen atoms in total. The van der Waals surface area contributed by atoms with Crippen LogP contribution in [-0.2, 0) is 6.54 Å². The molecule has 0 fully saturated rings. The van der Waals surface area contributed by atoms with Gasteiger partial charge in [-0.15, -0.1) is 0 Å². The van der Waals surface area contributed by atoms with Gasteiger partial charge in [-0.1, -0.05) is 11.6 Å². The van der Waals surface area contributed by atoms with E-state index in [4.69, 9.17) is 11.6 Å². The van der Waals surface area contributed by atoms with Crippen molar-refractivity contribution in [3.8, 4) is 0 Å². The number of amides is 1. The number of fused-ring (bicyclic) bond motifs is 1. The van der Waals surface area contributed by atoms with E-state index in [1.807, 2.05) is 0 Å². The standard InChI is InChI=1S/C19H15ClF4N4O2/c1-10-14(21)4-11(18(30)26-9-19(22,23)24)5-15(10)25-7-13-6-17(29)28-8-12(20)2-3-16(28)27-13/h2-6,8,25H,7,9H2,1H3,(H,26,30). The molecule has 0 saturated heterocycles. The predicted octanol–water partition coefficient (Wildman–Crippen LogP) is 3.70. The highest BCUT2D eigenvalue weighted by Gasteiger charge is 2.28. The zero-order chi connectivity index (χ0) is 22.1. The Morgan fingerprint density at radius 2 is 1.97 bits per heavy atom. The van der Waals surface area contributed by atoms with Gasteiger partial charge in [-0.2, -0.15) is 13.2 Å². The van der Waals surface area contributed by atoms with E-state index in [1.54, 1.807) is 17.4 Å². The van der Waals surface area contributed by atoms with Crippen LogP contribution in [0.2, 0.25) is 5.02 Å². The average Bonchev–Trinajstić information content (AvgIpc) is 2.67. The number of hydrogen-bond donors (Lipinski definition) is 2. The third-order valence-electron chi connectivity index (χ3n) is 4.19. The number of nitrogens with zero attached hydrogens (tertiary/aromatic N) is 2. The molecule has 1 amide bonds. The molecule has 0 spiro atoms. The molecule has 2 heterocycles. The lowest BCUT2D eigenvalue weighted by Crippen LogP contribution is -2.33. The van der Waals surface area contributed by atoms with Crippen molar-refractivity contribution >= 4 is 28.8 Å². The number of benzene rings is 1. The highest BCUT2D eigenvalue weighted by Crippen LogP contribution is 2.22. The number of carbonyl (C=O) groups excluding carboxylic acids is 1. The summed E-state index contributed by atoms with van der Waals surface area (Å²) in [6.07, 6.45) is -3.16. The topological polar surface area (TPSA) is 75.5 Å². The van der Waals surface area contributed by atoms with E-state index in [-0.39, 0.29) is 28.9 Å². The van der Waals surface area contributed by atoms with Gasteiger partial charge in [0, 0.05) is 29.1 Å². The molecule has 158 valence electrons. The van der Waals surface area contributed by atoms with Gasteiger partial charge < -0.3 is 10.6 Å². The van der Waals surface area contributed by atoms with Crippen molar-refractivity contribution in [2.75, 3.05) is 11.9 Å². The first-order valence-electron chi connectivity index (χ1n) is 8.60. The third-order valence-corrected chi connectivity index (χ3v) is 4.42. The van der Waals surface area contributed by atoms with Gasteiger partial charge >= 0.3 is 6.18 Å². The Balaban J connectivity index is 1.82. The molecule has 11 heteroatoms. The number of pyridine rings is 1. The van der Waals surface area contributed by atoms with Gasteiger partial charge in [0.2, 0.25) is 0 Å². The largest absolute Gasteiger partial charge is 0.405 e. The number of alkyl halides is 3. The molecule has 1 aromatic carbocycles. The first kappa shape index (κ1) is 21.6. The lowest BCUT2D eigenvalue weighted by atomic mass is 10.1. The summed E-state index contributed by atoms with van der Waals surface area (Å²) in [4.78, 5) is 28.4. The SMILES string of the molecule is Cc1c(F)cc(C(=O)NCC(F)(F)F)cc1NCc1cc(=O)n2cc(Cl)ccc2n1. The van der Waals surface area contributed by atoms with Crippen LogP contribution in [0.1, 0.15) is 21.6 Å². The van der Waals surface area contributed by atoms with Gasteiger partial charge in [-0.05, 0) is 31.2 Å². The van der Waals surface area contributed by atoms with Crippen LogP contribution in [0.25, 0.3) is 5.65 Å². The minimum atomic E-state index is -4.58. The molecule has 0 atom stereocenters. The second-order valence-electron chi connectivity index (χ2n) is 6.44. The van der Waals surface area contributed by atoms with Crippen molar-refractivity contribution in [3.05, 3.63) is 74.5 Å². The van der Waals surface area contributed by atoms with Crippen molar-refractivity contribution in [1.29, 1.82) is 0 Å². The minimum absolute atomic E-state index is 0.0161. The van der Waals surface area contributed by atoms with Crippen LogP contribution in [-0.4, -0.2) is 28.0 Å². The van der Waals surface area contributed by atoms with Crippen molar-refractivity contribution in [3.63, 3.8) is 0 Å². The van der Waals surface area contributed by atoms with Gasteiger partial charge in [0.15, 0.2) is 0 Å². The number of nitrogens with one attached hydrogen (secondary N) is 2. The summed E-state index contributed by atoms with van der Waals surface area (Å²) >= 11 is 5.86. The van der Waals surface area contributed by atoms with Crippen LogP contribution >= 0.6 is 11.6 Å². The molecular formula is C19H15ClF4N4O2. The molecule has 0 aliphatic heterocycles. The number of carbonyl (C=O) groups is 1. The van der Waals surface area contributed by atoms with Gasteiger partial charge in [0.1, 0.15) is 18.0 Å². The smallest absolute Gasteiger partial charge is 0.379 e. The maximum absolute atomic E-state index is 14.2. The van der Waals surface area contributed by atoms with Gasteiger partial charge in [-0.25, -0.2) is 9.37 Å². The molecule has 3 rings (SSSR count). The summed E-state index contributed by atoms with van der Waals surface area (Å²) in [6, 6.07) is 6.49. The maximum Gasteiger partial charge on any atom is 0.405 e. The summed E-state index contributed by atoms with van der Waals surface area (Å²) in [5.74, 6) is -1.83. The molecular weight excluding hydrogens is 428 g/mol. The summed E-state index contributed by atoms with van der Waals surface area (Å²) in [5, 5.41) is 4.92. The first-order valence-corrected chi connectivity index (χ1v) is 8.98. The fourth-order valence-electron chi connectivity index (χ4n) is 2.68. The van der Waals surface area contributed by atoms with E-state index in [1.165, 1.54) is 29.7 Å². The molecule has 0 bridgehead atoms. The lowest BCUT2D eigenvalue weighted by Gasteiger charge is -2.13. The molecule has 0 aliphatic rings. The molecule has 3 aromatic rings. The van der Waals surface area contributed by atoms with Gasteiger partial charge in [-0.3, -0.25) is 14.0 Å². The Kier molecular flexibility index (Phi) is 5.97. The lowest BCUT2D eigenvalue weighted by molar-refractivity contribution is -0.123. The van der Waals surface area contributed by atoms with E-state index >= 15 is 0 Å². The fraction of sp³-hybridized carbons (Fsp3) is 0.211. The van der Waals surface area contributed by atoms with Crippen LogP contribution < -0.4 is 16.2 Å². The average molecular weight is 443 g/mol. The second-order valence-corrected chi connectivity index (χ2v) is 6.88. The van der Waals surface area contributed by atoms with E-state index in [9.17, 15) is 27.2 Å². The van der Waals surface area contributed by atoms with E-state index in [2.05, 4.69) is 10.3 Å². The highest BCUT2D eigenvalue weighted by molar-refractivity contribution is 6.30. The number of halogens is 5. The van der Waals surface area contributed by atoms with Crippen LogP contribution in [0.15, 0.2) is 41.3 Å². The van der Waals surface area contributed by atoms with Crippen molar-refractivity contribution in [2.45, 2.75) is 19.6 Å². The molecule has 0 saturated carbocycles. The summed E-state index contributed by atoms with van der Waals surface area (Å²) in [5.41, 5.74) is 0.395. The Hall–Kier alpha value is -3.14. The molecule has 0 aliphatic carbocycles. The van der Waals surface area contributed by atoms with Crippen molar-refractivity contribution in [1.82, 2.24) is 14.7 Å². The summed E-state index contributed by atoms with van der Waals surface area (Å²) < 4.78 is 52.3. The monoisotopic (exact) mass is 442 g/mol. The summed E-state index contributed by atoms with van der Waals surface area (Å²) in [7, 11) is 0. The number of rotatable bonds is 5. The molecule has 0 radical (unpaired) electrons. The van der Waals surface area contributed by atoms with Crippen LogP contribution in [0.3, 0.4) is 0 Å². The molecule has 30 heavy (non-hydrogen) atoms. The van der Waals surface area contributed by atoms with Crippen LogP contribution in [0.5, 0.6) is 0 Å². The molecule has 0 unspecified atom stereocenters. The minimum Gasteiger partial charge on any atom is -0.379 e. The van der Waals surface area contributed by atoms with Crippen LogP contribution in [0.4, 0.5) is 23.2 Å². The maximum atomic E-state index is 14.2. The number of anilines is 1. The number of aromatic nitrogens is 2. The Bertz CT molecular complexity index is 1180. The molecule has 2 aromatic heterocycles. The van der Waals surface area contributed by atoms with Crippen molar-refractivity contribution in [2.24, 2.45) is 0 Å². The normalized spacial score (nSPS) is 11.5. The van der Waals surface area contributed by atoms with E-state index in [0.29, 0.717) is 16.4 Å². The fourth-order valence-corrected chi connectivity index (χ4v) is 2.84. The van der Waals surface area contributed by atoms with Gasteiger partial charge in [0.25, 0.3) is 11.5 Å². The molecule has 2 N–H and O–H groups in total. The first-order chi connectivity index (χ1) is 14.0. The van der Waals surface area contributed by atoms with Crippen LogP contribution in [0, 0.1) is 12.7 Å². The van der Waals surface area contributed by atoms with Crippen molar-refractivity contribution < 1.29 is 22.4 Å². The predicted molar refractivity (Wildman–Crippen MR) is 103 cm³/mol. The second kappa shape index (κ2) is 8.31. The zero-order valence-corrected chi connectivity index (χ0v) is 16.2. The highest BCUT2D eigenvalue weighted by atomic mass is 35.5. The third kappa shape index (κ3) is 5.07. The Morgan fingerprint density at radius 3 is 2.67 bits per heavy atom. The van der Waals surface area contributed by atoms with E-state index in [0.717, 1.165) is 6.07 Å². The number of hydrogen-bond acceptors (Lipinski definition) is 4. The quantitative estimate of drug-likeness (QED) is 0.591. The summed E-state index contributed by atoms with van der Waals surface area (Å²) in [6.45, 7) is -0.0684. The van der Waals surface area contributed by atoms with Gasteiger partial charge in [0.05, 0.1) is 17.3 Å². The Labute approximate surface area is 172 Å². The van der Waals surface area contributed by atoms with E-state index < -0.39 is 24.4 Å². The Morgan fingerprint density at radius 1 is 1.23 bits per heavy atom.